The second-order valence-corrected chi connectivity index (χ2v) is 32.9. The van der Waals surface area contributed by atoms with E-state index >= 15 is 0 Å². The molecular weight excluding hydrogens is 1190 g/mol. The summed E-state index contributed by atoms with van der Waals surface area (Å²) in [6.07, 6.45) is 27.9. The van der Waals surface area contributed by atoms with Gasteiger partial charge < -0.3 is 38.2 Å². The molecule has 4 rings (SSSR count). The van der Waals surface area contributed by atoms with Crippen LogP contribution >= 0.6 is 21.6 Å². The van der Waals surface area contributed by atoms with E-state index in [1.54, 1.807) is 0 Å². The normalized spacial score (nSPS) is 17.7. The summed E-state index contributed by atoms with van der Waals surface area (Å²) in [7, 11) is 7.85. The largest absolute Gasteiger partial charge is 0.487 e. The molecule has 0 radical (unpaired) electrons. The first-order chi connectivity index (χ1) is 43.6. The fourth-order valence-corrected chi connectivity index (χ4v) is 15.6. The maximum absolute atomic E-state index is 13.1. The van der Waals surface area contributed by atoms with E-state index in [0.717, 1.165) is 181 Å². The van der Waals surface area contributed by atoms with E-state index in [0.29, 0.717) is 37.6 Å². The van der Waals surface area contributed by atoms with Crippen LogP contribution in [0.5, 0.6) is 23.0 Å². The van der Waals surface area contributed by atoms with Gasteiger partial charge in [0.05, 0.1) is 38.9 Å². The minimum absolute atomic E-state index is 0.0172. The average Bonchev–Trinajstić information content (AvgIpc) is 0.771. The molecule has 2 aromatic carbocycles. The van der Waals surface area contributed by atoms with Crippen LogP contribution in [0.3, 0.4) is 0 Å². The summed E-state index contributed by atoms with van der Waals surface area (Å²) in [6, 6.07) is 0. The second kappa shape index (κ2) is 42.3. The number of hydrogen-bond acceptors (Lipinski definition) is 14. The van der Waals surface area contributed by atoms with E-state index in [2.05, 4.69) is 107 Å². The summed E-state index contributed by atoms with van der Waals surface area (Å²) in [4.78, 5) is 56.0. The van der Waals surface area contributed by atoms with E-state index in [1.807, 2.05) is 49.3 Å². The summed E-state index contributed by atoms with van der Waals surface area (Å²) < 4.78 is 36.6. The zero-order chi connectivity index (χ0) is 68.0. The van der Waals surface area contributed by atoms with E-state index in [4.69, 9.17) is 28.4 Å². The van der Waals surface area contributed by atoms with Gasteiger partial charge in [0.1, 0.15) is 34.2 Å². The van der Waals surface area contributed by atoms with Crippen molar-refractivity contribution in [1.29, 1.82) is 0 Å². The summed E-state index contributed by atoms with van der Waals surface area (Å²) in [5.41, 5.74) is 7.59. The van der Waals surface area contributed by atoms with Crippen molar-refractivity contribution in [3.8, 4) is 23.0 Å². The molecule has 0 spiro atoms. The molecule has 2 aliphatic rings. The maximum atomic E-state index is 13.1. The van der Waals surface area contributed by atoms with E-state index in [-0.39, 0.29) is 48.8 Å². The third-order valence-electron chi connectivity index (χ3n) is 20.3. The second-order valence-electron chi connectivity index (χ2n) is 30.2. The smallest absolute Gasteiger partial charge is 0.311 e. The lowest BCUT2D eigenvalue weighted by molar-refractivity contribution is -0.147. The first kappa shape index (κ1) is 81.0. The zero-order valence-electron chi connectivity index (χ0n) is 61.7. The standard InChI is InChI=1S/C78H132N2O10S2/c1-55(2)27-19-29-57(5)31-21-33-59(7)35-23-43-77(15)45-41-67-65(13)73(61(9)63(11)75(67)89-77)87-71(83)39-37-69(81)85-51-25-47-79(17)49-53-91-92-54-50-80(18)48-26-52-86-70(82)38-40-72(84)88-74-62(10)64(12)76-68(66(74)14)42-46-78(16,90-76)44-24-36-60(8)34-22-32-58(6)30-20-28-56(3)4/h55-60H,19-54H2,1-18H3. The van der Waals surface area contributed by atoms with Crippen LogP contribution in [0.25, 0.3) is 0 Å². The van der Waals surface area contributed by atoms with Crippen LogP contribution in [0, 0.1) is 77.0 Å². The molecule has 0 amide bonds. The molecule has 0 saturated heterocycles. The Balaban J connectivity index is 0.998. The number of carbonyl (C=O) groups is 4. The lowest BCUT2D eigenvalue weighted by atomic mass is 9.83. The van der Waals surface area contributed by atoms with Crippen molar-refractivity contribution in [2.45, 2.75) is 302 Å². The predicted molar refractivity (Wildman–Crippen MR) is 386 cm³/mol. The Hall–Kier alpha value is -3.46. The zero-order valence-corrected chi connectivity index (χ0v) is 63.3. The number of esters is 4. The third-order valence-corrected chi connectivity index (χ3v) is 22.6. The first-order valence-corrected chi connectivity index (χ1v) is 39.1. The van der Waals surface area contributed by atoms with Gasteiger partial charge in [-0.25, -0.2) is 0 Å². The van der Waals surface area contributed by atoms with Crippen LogP contribution in [-0.2, 0) is 41.5 Å². The van der Waals surface area contributed by atoms with Crippen molar-refractivity contribution in [3.05, 3.63) is 44.5 Å². The van der Waals surface area contributed by atoms with Gasteiger partial charge in [-0.3, -0.25) is 19.2 Å². The molecule has 6 unspecified atom stereocenters. The number of nitrogens with zero attached hydrogens (tertiary/aromatic N) is 2. The Labute approximate surface area is 569 Å². The molecule has 0 saturated carbocycles. The molecule has 0 aliphatic carbocycles. The van der Waals surface area contributed by atoms with Crippen LogP contribution < -0.4 is 18.9 Å². The molecule has 0 N–H and O–H groups in total. The Kier molecular flexibility index (Phi) is 37.2. The minimum Gasteiger partial charge on any atom is -0.487 e. The highest BCUT2D eigenvalue weighted by Crippen LogP contribution is 2.47. The molecule has 2 aliphatic heterocycles. The van der Waals surface area contributed by atoms with Gasteiger partial charge in [-0.15, -0.1) is 0 Å². The molecule has 2 heterocycles. The lowest BCUT2D eigenvalue weighted by Gasteiger charge is -2.38. The summed E-state index contributed by atoms with van der Waals surface area (Å²) in [6.45, 7) is 39.7. The number of ether oxygens (including phenoxy) is 6. The predicted octanol–water partition coefficient (Wildman–Crippen LogP) is 19.8. The van der Waals surface area contributed by atoms with Crippen LogP contribution in [0.1, 0.15) is 281 Å². The van der Waals surface area contributed by atoms with Crippen molar-refractivity contribution < 1.29 is 47.6 Å². The molecule has 14 heteroatoms. The van der Waals surface area contributed by atoms with Gasteiger partial charge in [-0.05, 0) is 203 Å². The minimum atomic E-state index is -0.429. The number of benzene rings is 2. The first-order valence-electron chi connectivity index (χ1n) is 36.6. The molecule has 0 fully saturated rings. The fraction of sp³-hybridized carbons (Fsp3) is 0.795. The highest BCUT2D eigenvalue weighted by Gasteiger charge is 2.37. The summed E-state index contributed by atoms with van der Waals surface area (Å²) >= 11 is 0. The molecule has 0 aromatic heterocycles. The molecular formula is C78H132N2O10S2. The van der Waals surface area contributed by atoms with Gasteiger partial charge in [-0.1, -0.05) is 167 Å². The van der Waals surface area contributed by atoms with Crippen LogP contribution in [0.4, 0.5) is 0 Å². The van der Waals surface area contributed by atoms with Crippen molar-refractivity contribution >= 4 is 45.5 Å². The Morgan fingerprint density at radius 2 is 0.739 bits per heavy atom. The average molecular weight is 1320 g/mol. The molecule has 6 atom stereocenters. The highest BCUT2D eigenvalue weighted by atomic mass is 33.1. The van der Waals surface area contributed by atoms with Gasteiger partial charge in [0.25, 0.3) is 0 Å². The van der Waals surface area contributed by atoms with E-state index in [9.17, 15) is 19.2 Å². The number of rotatable bonds is 47. The fourth-order valence-electron chi connectivity index (χ4n) is 13.5. The van der Waals surface area contributed by atoms with Crippen molar-refractivity contribution in [3.63, 3.8) is 0 Å². The van der Waals surface area contributed by atoms with Gasteiger partial charge in [0.15, 0.2) is 0 Å². The monoisotopic (exact) mass is 1320 g/mol. The number of hydrogen-bond donors (Lipinski definition) is 0. The Morgan fingerprint density at radius 1 is 0.424 bits per heavy atom. The van der Waals surface area contributed by atoms with Gasteiger partial charge in [0, 0.05) is 48.8 Å². The lowest BCUT2D eigenvalue weighted by Crippen LogP contribution is -2.37. The third kappa shape index (κ3) is 29.9. The Morgan fingerprint density at radius 3 is 1.08 bits per heavy atom. The van der Waals surface area contributed by atoms with Crippen molar-refractivity contribution in [1.82, 2.24) is 9.80 Å². The number of carbonyl (C=O) groups excluding carboxylic acids is 4. The van der Waals surface area contributed by atoms with Crippen LogP contribution in [0.2, 0.25) is 0 Å². The van der Waals surface area contributed by atoms with Gasteiger partial charge >= 0.3 is 23.9 Å². The maximum Gasteiger partial charge on any atom is 0.311 e. The van der Waals surface area contributed by atoms with Gasteiger partial charge in [0.2, 0.25) is 0 Å². The van der Waals surface area contributed by atoms with E-state index < -0.39 is 11.9 Å². The topological polar surface area (TPSA) is 130 Å². The van der Waals surface area contributed by atoms with Crippen molar-refractivity contribution in [2.75, 3.05) is 65.0 Å². The number of fused-ring (bicyclic) bond motifs is 2. The molecule has 2 aromatic rings. The van der Waals surface area contributed by atoms with E-state index in [1.165, 1.54) is 89.9 Å². The molecule has 12 nitrogen and oxygen atoms in total. The van der Waals surface area contributed by atoms with Crippen molar-refractivity contribution in [2.24, 2.45) is 35.5 Å². The summed E-state index contributed by atoms with van der Waals surface area (Å²) in [5.74, 6) is 8.13. The molecule has 0 bridgehead atoms. The SMILES string of the molecule is Cc1c(C)c2c(c(C)c1OC(=O)CCC(=O)OCCCN(C)CCSSCCN(C)CCCOC(=O)CCC(=O)Oc1c(C)c(C)c3c(c1C)CCC(C)(CCCC(C)CCCC(C)CCCC(C)C)O3)CCC(C)(CCCC(C)CCCC(C)CCCC(C)C)O2. The quantitative estimate of drug-likeness (QED) is 0.0270. The van der Waals surface area contributed by atoms with Crippen LogP contribution in [-0.4, -0.2) is 110 Å². The highest BCUT2D eigenvalue weighted by molar-refractivity contribution is 8.76. The summed E-state index contributed by atoms with van der Waals surface area (Å²) in [5, 5.41) is 0. The molecule has 526 valence electrons. The van der Waals surface area contributed by atoms with Crippen LogP contribution in [0.15, 0.2) is 0 Å². The van der Waals surface area contributed by atoms with Gasteiger partial charge in [-0.2, -0.15) is 0 Å². The Bertz CT molecular complexity index is 2380. The molecule has 92 heavy (non-hydrogen) atoms.